The molecular formula is C17H16FN. The van der Waals surface area contributed by atoms with Crippen LogP contribution < -0.4 is 0 Å². The van der Waals surface area contributed by atoms with Gasteiger partial charge in [0.25, 0.3) is 0 Å². The zero-order valence-corrected chi connectivity index (χ0v) is 10.9. The maximum absolute atomic E-state index is 13.3. The summed E-state index contributed by atoms with van der Waals surface area (Å²) in [6.45, 7) is 2.92. The Labute approximate surface area is 112 Å². The first kappa shape index (κ1) is 12.0. The molecule has 0 unspecified atom stereocenters. The van der Waals surface area contributed by atoms with E-state index >= 15 is 0 Å². The van der Waals surface area contributed by atoms with E-state index < -0.39 is 0 Å². The summed E-state index contributed by atoms with van der Waals surface area (Å²) >= 11 is 0. The molecule has 0 aliphatic rings. The Kier molecular flexibility index (Phi) is 3.08. The zero-order chi connectivity index (χ0) is 13.2. The number of aryl methyl sites for hydroxylation is 1. The van der Waals surface area contributed by atoms with Crippen molar-refractivity contribution >= 4 is 10.9 Å². The van der Waals surface area contributed by atoms with Crippen LogP contribution in [0.25, 0.3) is 10.9 Å². The molecule has 2 aromatic carbocycles. The highest BCUT2D eigenvalue weighted by molar-refractivity contribution is 5.80. The van der Waals surface area contributed by atoms with Gasteiger partial charge in [-0.3, -0.25) is 0 Å². The van der Waals surface area contributed by atoms with Gasteiger partial charge >= 0.3 is 0 Å². The minimum absolute atomic E-state index is 0.186. The van der Waals surface area contributed by atoms with Crippen molar-refractivity contribution in [2.75, 3.05) is 0 Å². The van der Waals surface area contributed by atoms with Crippen LogP contribution in [0.5, 0.6) is 0 Å². The molecule has 3 rings (SSSR count). The van der Waals surface area contributed by atoms with E-state index in [0.717, 1.165) is 23.9 Å². The molecule has 0 aliphatic carbocycles. The van der Waals surface area contributed by atoms with E-state index in [-0.39, 0.29) is 5.82 Å². The first-order chi connectivity index (χ1) is 9.26. The lowest BCUT2D eigenvalue weighted by Crippen LogP contribution is -1.98. The summed E-state index contributed by atoms with van der Waals surface area (Å²) in [5, 5.41) is 1.08. The Bertz CT molecular complexity index is 695. The van der Waals surface area contributed by atoms with Gasteiger partial charge in [-0.15, -0.1) is 0 Å². The number of halogens is 1. The number of rotatable bonds is 3. The number of hydrogen-bond donors (Lipinski definition) is 0. The fraction of sp³-hybridized carbons (Fsp3) is 0.176. The van der Waals surface area contributed by atoms with Crippen LogP contribution in [0, 0.1) is 5.82 Å². The molecule has 3 aromatic rings. The summed E-state index contributed by atoms with van der Waals surface area (Å²) in [5.74, 6) is -0.186. The van der Waals surface area contributed by atoms with Gasteiger partial charge in [0.05, 0.1) is 5.52 Å². The van der Waals surface area contributed by atoms with Crippen molar-refractivity contribution in [3.8, 4) is 0 Å². The maximum Gasteiger partial charge on any atom is 0.125 e. The van der Waals surface area contributed by atoms with Gasteiger partial charge in [-0.1, -0.05) is 31.2 Å². The fourth-order valence-electron chi connectivity index (χ4n) is 2.37. The van der Waals surface area contributed by atoms with E-state index in [1.54, 1.807) is 6.07 Å². The van der Waals surface area contributed by atoms with Crippen LogP contribution in [0.1, 0.15) is 18.1 Å². The quantitative estimate of drug-likeness (QED) is 0.652. The SMILES string of the molecule is CCc1ccc(Cn2ccc3ccc(F)cc32)cc1. The third-order valence-corrected chi connectivity index (χ3v) is 3.52. The Balaban J connectivity index is 1.93. The first-order valence-electron chi connectivity index (χ1n) is 6.58. The molecule has 0 saturated carbocycles. The summed E-state index contributed by atoms with van der Waals surface area (Å²) in [6.07, 6.45) is 3.07. The molecule has 96 valence electrons. The van der Waals surface area contributed by atoms with Crippen LogP contribution in [0.2, 0.25) is 0 Å². The molecular weight excluding hydrogens is 237 g/mol. The van der Waals surface area contributed by atoms with Crippen molar-refractivity contribution in [3.05, 3.63) is 71.7 Å². The van der Waals surface area contributed by atoms with Gasteiger partial charge in [0.1, 0.15) is 5.82 Å². The van der Waals surface area contributed by atoms with Crippen molar-refractivity contribution in [2.24, 2.45) is 0 Å². The molecule has 0 bridgehead atoms. The predicted octanol–water partition coefficient (Wildman–Crippen LogP) is 4.39. The third-order valence-electron chi connectivity index (χ3n) is 3.52. The number of hydrogen-bond acceptors (Lipinski definition) is 0. The summed E-state index contributed by atoms with van der Waals surface area (Å²) in [4.78, 5) is 0. The van der Waals surface area contributed by atoms with E-state index in [4.69, 9.17) is 0 Å². The zero-order valence-electron chi connectivity index (χ0n) is 10.9. The summed E-state index contributed by atoms with van der Waals surface area (Å²) in [6, 6.07) is 15.5. The number of benzene rings is 2. The molecule has 0 amide bonds. The van der Waals surface area contributed by atoms with Crippen molar-refractivity contribution in [3.63, 3.8) is 0 Å². The highest BCUT2D eigenvalue weighted by atomic mass is 19.1. The topological polar surface area (TPSA) is 4.93 Å². The Hall–Kier alpha value is -2.09. The lowest BCUT2D eigenvalue weighted by Gasteiger charge is -2.06. The lowest BCUT2D eigenvalue weighted by molar-refractivity contribution is 0.628. The summed E-state index contributed by atoms with van der Waals surface area (Å²) in [7, 11) is 0. The van der Waals surface area contributed by atoms with E-state index in [2.05, 4.69) is 35.8 Å². The molecule has 0 spiro atoms. The van der Waals surface area contributed by atoms with E-state index in [9.17, 15) is 4.39 Å². The minimum Gasteiger partial charge on any atom is -0.343 e. The molecule has 1 aromatic heterocycles. The van der Waals surface area contributed by atoms with Crippen molar-refractivity contribution in [1.29, 1.82) is 0 Å². The number of aromatic nitrogens is 1. The van der Waals surface area contributed by atoms with Crippen molar-refractivity contribution in [2.45, 2.75) is 19.9 Å². The van der Waals surface area contributed by atoms with Gasteiger partial charge in [-0.25, -0.2) is 4.39 Å². The van der Waals surface area contributed by atoms with E-state index in [0.29, 0.717) is 0 Å². The van der Waals surface area contributed by atoms with Gasteiger partial charge in [-0.05, 0) is 47.2 Å². The Morgan fingerprint density at radius 2 is 1.68 bits per heavy atom. The molecule has 2 heteroatoms. The van der Waals surface area contributed by atoms with Gasteiger partial charge in [0.15, 0.2) is 0 Å². The molecule has 0 aliphatic heterocycles. The third kappa shape index (κ3) is 2.39. The normalized spacial score (nSPS) is 11.1. The van der Waals surface area contributed by atoms with Crippen LogP contribution in [0.4, 0.5) is 4.39 Å². The molecule has 0 fully saturated rings. The van der Waals surface area contributed by atoms with Gasteiger partial charge < -0.3 is 4.57 Å². The van der Waals surface area contributed by atoms with Crippen LogP contribution in [-0.4, -0.2) is 4.57 Å². The molecule has 0 saturated heterocycles. The van der Waals surface area contributed by atoms with Gasteiger partial charge in [-0.2, -0.15) is 0 Å². The summed E-state index contributed by atoms with van der Waals surface area (Å²) in [5.41, 5.74) is 3.52. The number of fused-ring (bicyclic) bond motifs is 1. The van der Waals surface area contributed by atoms with Crippen LogP contribution in [0.3, 0.4) is 0 Å². The van der Waals surface area contributed by atoms with Crippen LogP contribution in [-0.2, 0) is 13.0 Å². The average Bonchev–Trinajstić information content (AvgIpc) is 2.82. The second-order valence-electron chi connectivity index (χ2n) is 4.82. The minimum atomic E-state index is -0.186. The predicted molar refractivity (Wildman–Crippen MR) is 76.8 cm³/mol. The average molecular weight is 253 g/mol. The highest BCUT2D eigenvalue weighted by Crippen LogP contribution is 2.18. The Morgan fingerprint density at radius 3 is 2.42 bits per heavy atom. The molecule has 19 heavy (non-hydrogen) atoms. The van der Waals surface area contributed by atoms with Crippen molar-refractivity contribution in [1.82, 2.24) is 4.57 Å². The van der Waals surface area contributed by atoms with Crippen LogP contribution >= 0.6 is 0 Å². The fourth-order valence-corrected chi connectivity index (χ4v) is 2.37. The van der Waals surface area contributed by atoms with Crippen LogP contribution in [0.15, 0.2) is 54.7 Å². The molecule has 1 nitrogen and oxygen atoms in total. The number of nitrogens with zero attached hydrogens (tertiary/aromatic N) is 1. The van der Waals surface area contributed by atoms with E-state index in [1.807, 2.05) is 18.3 Å². The molecule has 0 N–H and O–H groups in total. The van der Waals surface area contributed by atoms with E-state index in [1.165, 1.54) is 17.2 Å². The maximum atomic E-state index is 13.3. The smallest absolute Gasteiger partial charge is 0.125 e. The molecule has 0 atom stereocenters. The second kappa shape index (κ2) is 4.88. The second-order valence-corrected chi connectivity index (χ2v) is 4.82. The van der Waals surface area contributed by atoms with Crippen molar-refractivity contribution < 1.29 is 4.39 Å². The summed E-state index contributed by atoms with van der Waals surface area (Å²) < 4.78 is 15.4. The largest absolute Gasteiger partial charge is 0.343 e. The Morgan fingerprint density at radius 1 is 0.947 bits per heavy atom. The monoisotopic (exact) mass is 253 g/mol. The van der Waals surface area contributed by atoms with Gasteiger partial charge in [0.2, 0.25) is 0 Å². The van der Waals surface area contributed by atoms with Gasteiger partial charge in [0, 0.05) is 12.7 Å². The molecule has 0 radical (unpaired) electrons. The highest BCUT2D eigenvalue weighted by Gasteiger charge is 2.03. The molecule has 1 heterocycles. The first-order valence-corrected chi connectivity index (χ1v) is 6.58. The standard InChI is InChI=1S/C17H16FN/c1-2-13-3-5-14(6-4-13)12-19-10-9-15-7-8-16(18)11-17(15)19/h3-11H,2,12H2,1H3. The lowest BCUT2D eigenvalue weighted by atomic mass is 10.1.